The summed E-state index contributed by atoms with van der Waals surface area (Å²) in [6.45, 7) is 1.96. The van der Waals surface area contributed by atoms with Gasteiger partial charge in [0.25, 0.3) is 0 Å². The number of Topliss-reactive ketones (excluding diaryl/α,β-unsaturated/α-hetero) is 1. The number of carbonyl (C=O) groups excluding carboxylic acids is 1. The maximum absolute atomic E-state index is 11.0. The van der Waals surface area contributed by atoms with Gasteiger partial charge in [-0.25, -0.2) is 0 Å². The molecule has 1 heterocycles. The van der Waals surface area contributed by atoms with Gasteiger partial charge in [-0.15, -0.1) is 0 Å². The molecule has 0 unspecified atom stereocenters. The number of hydrogen-bond donors (Lipinski definition) is 1. The molecule has 3 heteroatoms. The van der Waals surface area contributed by atoms with Crippen LogP contribution in [0.2, 0.25) is 6.04 Å². The van der Waals surface area contributed by atoms with Crippen molar-refractivity contribution in [2.45, 2.75) is 25.4 Å². The van der Waals surface area contributed by atoms with E-state index in [1.54, 1.807) is 0 Å². The first-order valence-electron chi connectivity index (χ1n) is 3.57. The molecule has 1 atom stereocenters. The predicted octanol–water partition coefficient (Wildman–Crippen LogP) is -0.518. The number of rotatable bonds is 0. The Hall–Kier alpha value is -0.153. The van der Waals surface area contributed by atoms with Gasteiger partial charge < -0.3 is 5.32 Å². The molecular formula is C6H13NOSi. The van der Waals surface area contributed by atoms with Gasteiger partial charge in [0, 0.05) is 15.9 Å². The highest BCUT2D eigenvalue weighted by molar-refractivity contribution is 6.36. The van der Waals surface area contributed by atoms with Crippen LogP contribution in [-0.4, -0.2) is 27.5 Å². The Morgan fingerprint density at radius 3 is 3.33 bits per heavy atom. The summed E-state index contributed by atoms with van der Waals surface area (Å²) in [5, 5.41) is 3.21. The van der Waals surface area contributed by atoms with E-state index in [4.69, 9.17) is 0 Å². The number of carbonyl (C=O) groups is 1. The molecule has 1 aliphatic rings. The molecule has 9 heavy (non-hydrogen) atoms. The normalized spacial score (nSPS) is 32.6. The average molecular weight is 143 g/mol. The lowest BCUT2D eigenvalue weighted by molar-refractivity contribution is -0.120. The van der Waals surface area contributed by atoms with Gasteiger partial charge in [0.05, 0.1) is 6.04 Å². The Labute approximate surface area is 57.8 Å². The second kappa shape index (κ2) is 3.13. The highest BCUT2D eigenvalue weighted by Gasteiger charge is 2.14. The highest BCUT2D eigenvalue weighted by Crippen LogP contribution is 1.99. The highest BCUT2D eigenvalue weighted by atomic mass is 28.2. The molecule has 1 aliphatic heterocycles. The molecule has 1 rings (SSSR count). The lowest BCUT2D eigenvalue weighted by Crippen LogP contribution is -2.32. The SMILES string of the molecule is C[C@@H]1NC[SiH2]CCC1=O. The van der Waals surface area contributed by atoms with Gasteiger partial charge in [-0.05, 0) is 13.1 Å². The molecule has 52 valence electrons. The van der Waals surface area contributed by atoms with Crippen molar-refractivity contribution in [2.75, 3.05) is 6.17 Å². The summed E-state index contributed by atoms with van der Waals surface area (Å²) in [6, 6.07) is 1.34. The Morgan fingerprint density at radius 2 is 2.56 bits per heavy atom. The number of nitrogens with one attached hydrogen (secondary N) is 1. The first kappa shape index (κ1) is 6.96. The molecule has 0 bridgehead atoms. The zero-order chi connectivity index (χ0) is 6.69. The van der Waals surface area contributed by atoms with E-state index in [9.17, 15) is 4.79 Å². The molecule has 1 saturated heterocycles. The largest absolute Gasteiger partial charge is 0.311 e. The fourth-order valence-electron chi connectivity index (χ4n) is 1.07. The quantitative estimate of drug-likeness (QED) is 0.462. The fraction of sp³-hybridized carbons (Fsp3) is 0.833. The van der Waals surface area contributed by atoms with Gasteiger partial charge in [0.2, 0.25) is 0 Å². The van der Waals surface area contributed by atoms with Crippen LogP contribution in [0.1, 0.15) is 13.3 Å². The maximum atomic E-state index is 11.0. The van der Waals surface area contributed by atoms with Gasteiger partial charge in [-0.2, -0.15) is 0 Å². The van der Waals surface area contributed by atoms with E-state index in [1.807, 2.05) is 6.92 Å². The first-order valence-corrected chi connectivity index (χ1v) is 5.57. The van der Waals surface area contributed by atoms with Crippen molar-refractivity contribution in [3.05, 3.63) is 0 Å². The maximum Gasteiger partial charge on any atom is 0.149 e. The van der Waals surface area contributed by atoms with Crippen molar-refractivity contribution in [3.63, 3.8) is 0 Å². The van der Waals surface area contributed by atoms with Crippen LogP contribution in [0.15, 0.2) is 0 Å². The summed E-state index contributed by atoms with van der Waals surface area (Å²) in [5.41, 5.74) is 0. The van der Waals surface area contributed by atoms with Crippen LogP contribution in [0.25, 0.3) is 0 Å². The topological polar surface area (TPSA) is 29.1 Å². The summed E-state index contributed by atoms with van der Waals surface area (Å²) in [7, 11) is 0.0782. The van der Waals surface area contributed by atoms with Crippen molar-refractivity contribution in [2.24, 2.45) is 0 Å². The second-order valence-electron chi connectivity index (χ2n) is 2.60. The number of hydrogen-bond acceptors (Lipinski definition) is 2. The van der Waals surface area contributed by atoms with Crippen molar-refractivity contribution < 1.29 is 4.79 Å². The van der Waals surface area contributed by atoms with Crippen LogP contribution in [0.3, 0.4) is 0 Å². The van der Waals surface area contributed by atoms with Crippen LogP contribution in [0, 0.1) is 0 Å². The summed E-state index contributed by atoms with van der Waals surface area (Å²) in [5.74, 6) is 0.403. The zero-order valence-electron chi connectivity index (χ0n) is 5.81. The Kier molecular flexibility index (Phi) is 2.42. The monoisotopic (exact) mass is 143 g/mol. The zero-order valence-corrected chi connectivity index (χ0v) is 7.23. The van der Waals surface area contributed by atoms with E-state index in [0.717, 1.165) is 12.6 Å². The third kappa shape index (κ3) is 1.91. The summed E-state index contributed by atoms with van der Waals surface area (Å²) in [4.78, 5) is 11.0. The van der Waals surface area contributed by atoms with Gasteiger partial charge in [0.1, 0.15) is 5.78 Å². The summed E-state index contributed by atoms with van der Waals surface area (Å²) < 4.78 is 0. The number of ketones is 1. The van der Waals surface area contributed by atoms with Crippen LogP contribution in [0.4, 0.5) is 0 Å². The van der Waals surface area contributed by atoms with E-state index < -0.39 is 0 Å². The van der Waals surface area contributed by atoms with Crippen molar-refractivity contribution in [1.29, 1.82) is 0 Å². The minimum Gasteiger partial charge on any atom is -0.311 e. The van der Waals surface area contributed by atoms with Gasteiger partial charge >= 0.3 is 0 Å². The molecule has 1 fully saturated rings. The lowest BCUT2D eigenvalue weighted by atomic mass is 10.2. The molecule has 0 aromatic heterocycles. The second-order valence-corrected chi connectivity index (χ2v) is 4.51. The molecule has 0 spiro atoms. The van der Waals surface area contributed by atoms with E-state index >= 15 is 0 Å². The van der Waals surface area contributed by atoms with Crippen LogP contribution in [-0.2, 0) is 4.79 Å². The van der Waals surface area contributed by atoms with Crippen LogP contribution < -0.4 is 5.32 Å². The van der Waals surface area contributed by atoms with E-state index in [1.165, 1.54) is 6.04 Å². The third-order valence-electron chi connectivity index (χ3n) is 1.78. The van der Waals surface area contributed by atoms with Gasteiger partial charge in [0.15, 0.2) is 0 Å². The molecule has 0 aliphatic carbocycles. The van der Waals surface area contributed by atoms with E-state index in [2.05, 4.69) is 5.32 Å². The molecular weight excluding hydrogens is 130 g/mol. The van der Waals surface area contributed by atoms with Gasteiger partial charge in [-0.3, -0.25) is 4.79 Å². The van der Waals surface area contributed by atoms with E-state index in [-0.39, 0.29) is 15.6 Å². The van der Waals surface area contributed by atoms with Crippen molar-refractivity contribution in [3.8, 4) is 0 Å². The third-order valence-corrected chi connectivity index (χ3v) is 3.28. The minimum absolute atomic E-state index is 0.0782. The molecule has 0 amide bonds. The first-order chi connectivity index (χ1) is 4.30. The fourth-order valence-corrected chi connectivity index (χ4v) is 2.56. The lowest BCUT2D eigenvalue weighted by Gasteiger charge is -2.05. The van der Waals surface area contributed by atoms with E-state index in [0.29, 0.717) is 5.78 Å². The molecule has 2 nitrogen and oxygen atoms in total. The Morgan fingerprint density at radius 1 is 1.78 bits per heavy atom. The molecule has 0 saturated carbocycles. The Balaban J connectivity index is 2.41. The predicted molar refractivity (Wildman–Crippen MR) is 40.4 cm³/mol. The van der Waals surface area contributed by atoms with Crippen LogP contribution in [0.5, 0.6) is 0 Å². The summed E-state index contributed by atoms with van der Waals surface area (Å²) in [6.07, 6.45) is 1.98. The van der Waals surface area contributed by atoms with Crippen LogP contribution >= 0.6 is 0 Å². The molecule has 1 N–H and O–H groups in total. The Bertz CT molecular complexity index is 116. The molecule has 0 radical (unpaired) electrons. The molecule has 0 aromatic rings. The molecule has 0 aromatic carbocycles. The summed E-state index contributed by atoms with van der Waals surface area (Å²) >= 11 is 0. The smallest absolute Gasteiger partial charge is 0.149 e. The minimum atomic E-state index is 0.0782. The standard InChI is InChI=1S/C6H13NOSi/c1-5-6(8)2-3-9-4-7-5/h5,7H,2-4,9H2,1H3/t5-/m0/s1. The van der Waals surface area contributed by atoms with Gasteiger partial charge in [-0.1, -0.05) is 6.04 Å². The average Bonchev–Trinajstić information content (AvgIpc) is 1.99. The van der Waals surface area contributed by atoms with Crippen molar-refractivity contribution >= 4 is 15.3 Å². The van der Waals surface area contributed by atoms with Crippen molar-refractivity contribution in [1.82, 2.24) is 5.32 Å².